The molecule has 0 aliphatic rings. The average Bonchev–Trinajstić information content (AvgIpc) is 2.19. The summed E-state index contributed by atoms with van der Waals surface area (Å²) in [5, 5.41) is 4.50. The van der Waals surface area contributed by atoms with Gasteiger partial charge in [-0.05, 0) is 38.0 Å². The van der Waals surface area contributed by atoms with E-state index in [0.29, 0.717) is 10.0 Å². The molecule has 1 aromatic rings. The van der Waals surface area contributed by atoms with E-state index in [9.17, 15) is 8.42 Å². The van der Waals surface area contributed by atoms with Gasteiger partial charge in [0, 0.05) is 28.4 Å². The van der Waals surface area contributed by atoms with Crippen molar-refractivity contribution in [2.75, 3.05) is 12.0 Å². The summed E-state index contributed by atoms with van der Waals surface area (Å²) in [5.74, 6) is 0.131. The molecule has 1 aromatic carbocycles. The molecule has 2 atom stereocenters. The van der Waals surface area contributed by atoms with Crippen LogP contribution in [0, 0.1) is 0 Å². The van der Waals surface area contributed by atoms with Crippen molar-refractivity contribution in [3.8, 4) is 0 Å². The molecule has 0 spiro atoms. The highest BCUT2D eigenvalue weighted by Gasteiger charge is 2.14. The Morgan fingerprint density at radius 1 is 1.21 bits per heavy atom. The van der Waals surface area contributed by atoms with Crippen LogP contribution < -0.4 is 5.32 Å². The molecular formula is C13H19Cl2NO2S. The Morgan fingerprint density at radius 3 is 2.37 bits per heavy atom. The molecule has 6 heteroatoms. The lowest BCUT2D eigenvalue weighted by atomic mass is 10.1. The van der Waals surface area contributed by atoms with Gasteiger partial charge in [-0.25, -0.2) is 8.42 Å². The van der Waals surface area contributed by atoms with Gasteiger partial charge >= 0.3 is 0 Å². The number of sulfone groups is 1. The largest absolute Gasteiger partial charge is 0.310 e. The normalized spacial score (nSPS) is 15.2. The lowest BCUT2D eigenvalue weighted by Crippen LogP contribution is -2.39. The Hall–Kier alpha value is -0.290. The standard InChI is InChI=1S/C13H19Cl2NO2S/c1-9(16-10(2)8-19(3,17)18)6-11-4-5-12(14)7-13(11)15/h4-5,7,9-10,16H,6,8H2,1-3H3/t9-,10-/m1/s1. The van der Waals surface area contributed by atoms with Crippen LogP contribution in [0.3, 0.4) is 0 Å². The lowest BCUT2D eigenvalue weighted by molar-refractivity contribution is 0.484. The van der Waals surface area contributed by atoms with Gasteiger partial charge in [0.25, 0.3) is 0 Å². The van der Waals surface area contributed by atoms with Crippen molar-refractivity contribution in [1.29, 1.82) is 0 Å². The summed E-state index contributed by atoms with van der Waals surface area (Å²) in [6.07, 6.45) is 1.97. The van der Waals surface area contributed by atoms with Gasteiger partial charge in [-0.15, -0.1) is 0 Å². The second kappa shape index (κ2) is 6.93. The summed E-state index contributed by atoms with van der Waals surface area (Å²) in [6, 6.07) is 5.46. The first-order chi connectivity index (χ1) is 8.67. The zero-order valence-electron chi connectivity index (χ0n) is 11.3. The third-order valence-electron chi connectivity index (χ3n) is 2.66. The molecule has 0 aliphatic heterocycles. The quantitative estimate of drug-likeness (QED) is 0.875. The van der Waals surface area contributed by atoms with Crippen LogP contribution in [-0.2, 0) is 16.3 Å². The van der Waals surface area contributed by atoms with E-state index in [4.69, 9.17) is 23.2 Å². The molecule has 0 radical (unpaired) electrons. The molecule has 1 rings (SSSR count). The maximum Gasteiger partial charge on any atom is 0.148 e. The molecule has 0 fully saturated rings. The van der Waals surface area contributed by atoms with E-state index in [1.54, 1.807) is 12.1 Å². The fourth-order valence-electron chi connectivity index (χ4n) is 2.06. The van der Waals surface area contributed by atoms with Crippen molar-refractivity contribution < 1.29 is 8.42 Å². The van der Waals surface area contributed by atoms with E-state index in [-0.39, 0.29) is 17.8 Å². The predicted molar refractivity (Wildman–Crippen MR) is 81.9 cm³/mol. The second-order valence-corrected chi connectivity index (χ2v) is 8.03. The van der Waals surface area contributed by atoms with Crippen LogP contribution in [0.25, 0.3) is 0 Å². The number of rotatable bonds is 6. The number of hydrogen-bond donors (Lipinski definition) is 1. The Balaban J connectivity index is 2.57. The number of halogens is 2. The number of hydrogen-bond acceptors (Lipinski definition) is 3. The minimum absolute atomic E-state index is 0.0870. The number of nitrogens with one attached hydrogen (secondary N) is 1. The van der Waals surface area contributed by atoms with Gasteiger partial charge < -0.3 is 5.32 Å². The zero-order chi connectivity index (χ0) is 14.6. The maximum absolute atomic E-state index is 11.2. The van der Waals surface area contributed by atoms with Crippen LogP contribution in [0.4, 0.5) is 0 Å². The first-order valence-corrected chi connectivity index (χ1v) is 8.86. The molecule has 0 amide bonds. The van der Waals surface area contributed by atoms with Crippen molar-refractivity contribution in [3.05, 3.63) is 33.8 Å². The van der Waals surface area contributed by atoms with E-state index in [2.05, 4.69) is 5.32 Å². The summed E-state index contributed by atoms with van der Waals surface area (Å²) in [6.45, 7) is 3.87. The van der Waals surface area contributed by atoms with Crippen molar-refractivity contribution in [2.45, 2.75) is 32.4 Å². The third kappa shape index (κ3) is 6.61. The molecule has 108 valence electrons. The molecule has 3 nitrogen and oxygen atoms in total. The second-order valence-electron chi connectivity index (χ2n) is 5.00. The minimum atomic E-state index is -2.96. The Morgan fingerprint density at radius 2 is 1.84 bits per heavy atom. The molecule has 0 bridgehead atoms. The first-order valence-electron chi connectivity index (χ1n) is 6.05. The Bertz CT molecular complexity index is 531. The van der Waals surface area contributed by atoms with Crippen LogP contribution in [-0.4, -0.2) is 32.5 Å². The van der Waals surface area contributed by atoms with E-state index in [1.165, 1.54) is 6.26 Å². The zero-order valence-corrected chi connectivity index (χ0v) is 13.6. The summed E-state index contributed by atoms with van der Waals surface area (Å²) < 4.78 is 22.4. The van der Waals surface area contributed by atoms with Gasteiger partial charge in [0.05, 0.1) is 5.75 Å². The fraction of sp³-hybridized carbons (Fsp3) is 0.538. The van der Waals surface area contributed by atoms with E-state index in [1.807, 2.05) is 19.9 Å². The molecule has 1 N–H and O–H groups in total. The molecule has 0 aromatic heterocycles. The molecule has 0 saturated heterocycles. The van der Waals surface area contributed by atoms with Crippen molar-refractivity contribution >= 4 is 33.0 Å². The molecular weight excluding hydrogens is 305 g/mol. The van der Waals surface area contributed by atoms with Crippen molar-refractivity contribution in [1.82, 2.24) is 5.32 Å². The van der Waals surface area contributed by atoms with E-state index < -0.39 is 9.84 Å². The maximum atomic E-state index is 11.2. The lowest BCUT2D eigenvalue weighted by Gasteiger charge is -2.20. The topological polar surface area (TPSA) is 46.2 Å². The minimum Gasteiger partial charge on any atom is -0.310 e. The van der Waals surface area contributed by atoms with Crippen molar-refractivity contribution in [2.24, 2.45) is 0 Å². The molecule has 0 unspecified atom stereocenters. The molecule has 0 heterocycles. The molecule has 19 heavy (non-hydrogen) atoms. The van der Waals surface area contributed by atoms with Gasteiger partial charge in [-0.2, -0.15) is 0 Å². The average molecular weight is 324 g/mol. The fourth-order valence-corrected chi connectivity index (χ4v) is 3.55. The summed E-state index contributed by atoms with van der Waals surface area (Å²) in [4.78, 5) is 0. The van der Waals surface area contributed by atoms with Crippen LogP contribution in [0.5, 0.6) is 0 Å². The van der Waals surface area contributed by atoms with Crippen LogP contribution >= 0.6 is 23.2 Å². The summed E-state index contributed by atoms with van der Waals surface area (Å²) in [5.41, 5.74) is 0.998. The molecule has 0 aliphatic carbocycles. The van der Waals surface area contributed by atoms with Gasteiger partial charge in [-0.1, -0.05) is 29.3 Å². The van der Waals surface area contributed by atoms with Gasteiger partial charge in [0.15, 0.2) is 0 Å². The van der Waals surface area contributed by atoms with E-state index >= 15 is 0 Å². The highest BCUT2D eigenvalue weighted by Crippen LogP contribution is 2.22. The Labute approximate surface area is 125 Å². The Kier molecular flexibility index (Phi) is 6.12. The van der Waals surface area contributed by atoms with Crippen LogP contribution in [0.2, 0.25) is 10.0 Å². The van der Waals surface area contributed by atoms with Crippen molar-refractivity contribution in [3.63, 3.8) is 0 Å². The van der Waals surface area contributed by atoms with Crippen LogP contribution in [0.15, 0.2) is 18.2 Å². The smallest absolute Gasteiger partial charge is 0.148 e. The number of benzene rings is 1. The van der Waals surface area contributed by atoms with Gasteiger partial charge in [0.1, 0.15) is 9.84 Å². The van der Waals surface area contributed by atoms with Gasteiger partial charge in [0.2, 0.25) is 0 Å². The highest BCUT2D eigenvalue weighted by atomic mass is 35.5. The molecule has 0 saturated carbocycles. The SMILES string of the molecule is C[C@H](Cc1ccc(Cl)cc1Cl)N[C@H](C)CS(C)(=O)=O. The van der Waals surface area contributed by atoms with Gasteiger partial charge in [-0.3, -0.25) is 0 Å². The summed E-state index contributed by atoms with van der Waals surface area (Å²) in [7, 11) is -2.96. The van der Waals surface area contributed by atoms with Crippen LogP contribution in [0.1, 0.15) is 19.4 Å². The van der Waals surface area contributed by atoms with E-state index in [0.717, 1.165) is 12.0 Å². The summed E-state index contributed by atoms with van der Waals surface area (Å²) >= 11 is 12.0. The monoisotopic (exact) mass is 323 g/mol. The highest BCUT2D eigenvalue weighted by molar-refractivity contribution is 7.90. The first kappa shape index (κ1) is 16.8. The predicted octanol–water partition coefficient (Wildman–Crippen LogP) is 2.95. The third-order valence-corrected chi connectivity index (χ3v) is 4.36.